The third-order valence-electron chi connectivity index (χ3n) is 5.30. The lowest BCUT2D eigenvalue weighted by molar-refractivity contribution is -0.118. The second-order valence-corrected chi connectivity index (χ2v) is 8.38. The molecule has 138 valence electrons. The summed E-state index contributed by atoms with van der Waals surface area (Å²) < 4.78 is 0. The fourth-order valence-corrected chi connectivity index (χ4v) is 4.44. The van der Waals surface area contributed by atoms with E-state index in [-0.39, 0.29) is 5.91 Å². The maximum Gasteiger partial charge on any atom is 0.227 e. The van der Waals surface area contributed by atoms with Gasteiger partial charge in [-0.25, -0.2) is 4.98 Å². The lowest BCUT2D eigenvalue weighted by Gasteiger charge is -2.18. The second-order valence-electron chi connectivity index (χ2n) is 7.32. The van der Waals surface area contributed by atoms with Crippen LogP contribution in [-0.2, 0) is 17.6 Å². The molecule has 2 aromatic carbocycles. The molecular weight excluding hydrogens is 352 g/mol. The van der Waals surface area contributed by atoms with Crippen molar-refractivity contribution in [1.82, 2.24) is 4.98 Å². The van der Waals surface area contributed by atoms with Crippen molar-refractivity contribution in [3.05, 3.63) is 69.0 Å². The van der Waals surface area contributed by atoms with Crippen molar-refractivity contribution in [2.24, 2.45) is 0 Å². The van der Waals surface area contributed by atoms with Crippen molar-refractivity contribution >= 4 is 22.9 Å². The molecule has 0 bridgehead atoms. The van der Waals surface area contributed by atoms with Crippen molar-refractivity contribution in [1.29, 1.82) is 0 Å². The van der Waals surface area contributed by atoms with Gasteiger partial charge in [-0.1, -0.05) is 29.8 Å². The van der Waals surface area contributed by atoms with Crippen LogP contribution in [0.5, 0.6) is 0 Å². The number of rotatable bonds is 4. The van der Waals surface area contributed by atoms with Crippen LogP contribution in [0.3, 0.4) is 0 Å². The van der Waals surface area contributed by atoms with E-state index in [4.69, 9.17) is 0 Å². The van der Waals surface area contributed by atoms with Gasteiger partial charge in [-0.3, -0.25) is 4.79 Å². The van der Waals surface area contributed by atoms with E-state index in [1.165, 1.54) is 22.3 Å². The first-order valence-electron chi connectivity index (χ1n) is 9.43. The molecule has 3 aromatic rings. The van der Waals surface area contributed by atoms with E-state index in [2.05, 4.69) is 60.6 Å². The number of hydrogen-bond acceptors (Lipinski definition) is 3. The standard InChI is InChI=1S/C23H24N2OS/c1-15-4-5-18(16(2)12-15)7-9-23(26)25-11-10-20-13-19(6-8-22(20)25)21-14-27-17(3)24-21/h4-6,8,12-14H,7,9-11H2,1-3H3. The number of thiazole rings is 1. The maximum absolute atomic E-state index is 12.8. The van der Waals surface area contributed by atoms with Crippen LogP contribution in [0.4, 0.5) is 5.69 Å². The maximum atomic E-state index is 12.8. The van der Waals surface area contributed by atoms with Crippen LogP contribution in [-0.4, -0.2) is 17.4 Å². The van der Waals surface area contributed by atoms with Gasteiger partial charge in [0.2, 0.25) is 5.91 Å². The number of hydrogen-bond donors (Lipinski definition) is 0. The van der Waals surface area contributed by atoms with E-state index < -0.39 is 0 Å². The number of aromatic nitrogens is 1. The van der Waals surface area contributed by atoms with Crippen molar-refractivity contribution in [3.63, 3.8) is 0 Å². The van der Waals surface area contributed by atoms with Gasteiger partial charge in [0.1, 0.15) is 0 Å². The highest BCUT2D eigenvalue weighted by Crippen LogP contribution is 2.33. The molecule has 4 heteroatoms. The molecule has 1 amide bonds. The number of aryl methyl sites for hydroxylation is 4. The highest BCUT2D eigenvalue weighted by Gasteiger charge is 2.25. The molecule has 0 spiro atoms. The van der Waals surface area contributed by atoms with Gasteiger partial charge in [0, 0.05) is 29.6 Å². The third kappa shape index (κ3) is 3.67. The third-order valence-corrected chi connectivity index (χ3v) is 6.07. The molecule has 0 aliphatic carbocycles. The Morgan fingerprint density at radius 1 is 1.15 bits per heavy atom. The first-order valence-corrected chi connectivity index (χ1v) is 10.3. The molecule has 2 heterocycles. The molecule has 0 saturated carbocycles. The predicted octanol–water partition coefficient (Wildman–Crippen LogP) is 5.26. The van der Waals surface area contributed by atoms with Gasteiger partial charge in [-0.05, 0) is 62.4 Å². The Bertz CT molecular complexity index is 1010. The SMILES string of the molecule is Cc1ccc(CCC(=O)N2CCc3cc(-c4csc(C)n4)ccc32)c(C)c1. The van der Waals surface area contributed by atoms with Gasteiger partial charge in [0.15, 0.2) is 0 Å². The van der Waals surface area contributed by atoms with Crippen molar-refractivity contribution in [3.8, 4) is 11.3 Å². The molecule has 0 fully saturated rings. The second kappa shape index (κ2) is 7.28. The molecule has 0 N–H and O–H groups in total. The molecular formula is C23H24N2OS. The first kappa shape index (κ1) is 17.9. The molecule has 3 nitrogen and oxygen atoms in total. The quantitative estimate of drug-likeness (QED) is 0.622. The number of fused-ring (bicyclic) bond motifs is 1. The summed E-state index contributed by atoms with van der Waals surface area (Å²) in [6, 6.07) is 12.8. The van der Waals surface area contributed by atoms with Crippen molar-refractivity contribution < 1.29 is 4.79 Å². The monoisotopic (exact) mass is 376 g/mol. The number of carbonyl (C=O) groups is 1. The molecule has 0 unspecified atom stereocenters. The van der Waals surface area contributed by atoms with E-state index >= 15 is 0 Å². The Kier molecular flexibility index (Phi) is 4.83. The smallest absolute Gasteiger partial charge is 0.227 e. The van der Waals surface area contributed by atoms with Gasteiger partial charge < -0.3 is 4.90 Å². The van der Waals surface area contributed by atoms with Crippen LogP contribution in [0.1, 0.15) is 33.7 Å². The largest absolute Gasteiger partial charge is 0.312 e. The zero-order valence-electron chi connectivity index (χ0n) is 16.1. The summed E-state index contributed by atoms with van der Waals surface area (Å²) in [4.78, 5) is 19.4. The Labute approximate surface area is 164 Å². The average molecular weight is 377 g/mol. The highest BCUT2D eigenvalue weighted by molar-refractivity contribution is 7.09. The fraction of sp³-hybridized carbons (Fsp3) is 0.304. The van der Waals surface area contributed by atoms with Gasteiger partial charge in [-0.15, -0.1) is 11.3 Å². The van der Waals surface area contributed by atoms with Crippen LogP contribution < -0.4 is 4.90 Å². The molecule has 0 saturated heterocycles. The molecule has 1 aliphatic heterocycles. The van der Waals surface area contributed by atoms with E-state index in [9.17, 15) is 4.79 Å². The Morgan fingerprint density at radius 2 is 2.00 bits per heavy atom. The van der Waals surface area contributed by atoms with Crippen LogP contribution >= 0.6 is 11.3 Å². The summed E-state index contributed by atoms with van der Waals surface area (Å²) in [6.07, 6.45) is 2.27. The van der Waals surface area contributed by atoms with Gasteiger partial charge >= 0.3 is 0 Å². The van der Waals surface area contributed by atoms with Gasteiger partial charge in [-0.2, -0.15) is 0 Å². The summed E-state index contributed by atoms with van der Waals surface area (Å²) in [5, 5.41) is 3.17. The number of anilines is 1. The predicted molar refractivity (Wildman–Crippen MR) is 113 cm³/mol. The molecule has 27 heavy (non-hydrogen) atoms. The van der Waals surface area contributed by atoms with Crippen molar-refractivity contribution in [2.75, 3.05) is 11.4 Å². The van der Waals surface area contributed by atoms with E-state index in [0.717, 1.165) is 41.3 Å². The summed E-state index contributed by atoms with van der Waals surface area (Å²) in [6.45, 7) is 7.03. The lowest BCUT2D eigenvalue weighted by Crippen LogP contribution is -2.29. The summed E-state index contributed by atoms with van der Waals surface area (Å²) in [5.41, 5.74) is 8.29. The van der Waals surface area contributed by atoms with Crippen molar-refractivity contribution in [2.45, 2.75) is 40.0 Å². The van der Waals surface area contributed by atoms with E-state index in [1.807, 2.05) is 11.8 Å². The first-order chi connectivity index (χ1) is 13.0. The number of benzene rings is 2. The minimum absolute atomic E-state index is 0.214. The summed E-state index contributed by atoms with van der Waals surface area (Å²) >= 11 is 1.67. The molecule has 0 radical (unpaired) electrons. The number of nitrogens with zero attached hydrogens (tertiary/aromatic N) is 2. The molecule has 4 rings (SSSR count). The Morgan fingerprint density at radius 3 is 2.74 bits per heavy atom. The van der Waals surface area contributed by atoms with Crippen LogP contribution in [0.15, 0.2) is 41.8 Å². The lowest BCUT2D eigenvalue weighted by atomic mass is 10.0. The highest BCUT2D eigenvalue weighted by atomic mass is 32.1. The van der Waals surface area contributed by atoms with Crippen LogP contribution in [0.25, 0.3) is 11.3 Å². The number of amides is 1. The van der Waals surface area contributed by atoms with E-state index in [1.54, 1.807) is 11.3 Å². The number of carbonyl (C=O) groups excluding carboxylic acids is 1. The molecule has 1 aromatic heterocycles. The average Bonchev–Trinajstić information content (AvgIpc) is 3.26. The van der Waals surface area contributed by atoms with Gasteiger partial charge in [0.25, 0.3) is 0 Å². The normalized spacial score (nSPS) is 13.1. The topological polar surface area (TPSA) is 33.2 Å². The minimum Gasteiger partial charge on any atom is -0.312 e. The zero-order chi connectivity index (χ0) is 19.0. The Hall–Kier alpha value is -2.46. The van der Waals surface area contributed by atoms with Crippen LogP contribution in [0.2, 0.25) is 0 Å². The van der Waals surface area contributed by atoms with Crippen LogP contribution in [0, 0.1) is 20.8 Å². The van der Waals surface area contributed by atoms with Gasteiger partial charge in [0.05, 0.1) is 10.7 Å². The summed E-state index contributed by atoms with van der Waals surface area (Å²) in [7, 11) is 0. The zero-order valence-corrected chi connectivity index (χ0v) is 16.9. The fourth-order valence-electron chi connectivity index (χ4n) is 3.82. The summed E-state index contributed by atoms with van der Waals surface area (Å²) in [5.74, 6) is 0.214. The minimum atomic E-state index is 0.214. The molecule has 0 atom stereocenters. The van der Waals surface area contributed by atoms with E-state index in [0.29, 0.717) is 6.42 Å². The molecule has 1 aliphatic rings. The Balaban J connectivity index is 1.47.